The van der Waals surface area contributed by atoms with Crippen LogP contribution in [0.25, 0.3) is 11.3 Å². The lowest BCUT2D eigenvalue weighted by Crippen LogP contribution is -2.30. The number of rotatable bonds is 4. The van der Waals surface area contributed by atoms with Gasteiger partial charge in [-0.25, -0.2) is 4.98 Å². The zero-order valence-corrected chi connectivity index (χ0v) is 15.2. The summed E-state index contributed by atoms with van der Waals surface area (Å²) < 4.78 is 1.82. The molecule has 0 saturated heterocycles. The summed E-state index contributed by atoms with van der Waals surface area (Å²) in [7, 11) is 1.90. The molecule has 3 aromatic heterocycles. The van der Waals surface area contributed by atoms with Crippen LogP contribution in [-0.2, 0) is 7.05 Å². The third-order valence-corrected chi connectivity index (χ3v) is 4.95. The van der Waals surface area contributed by atoms with Crippen LogP contribution in [0.5, 0.6) is 0 Å². The van der Waals surface area contributed by atoms with Crippen molar-refractivity contribution in [2.24, 2.45) is 7.05 Å². The normalized spacial score (nSPS) is 11.0. The number of aromatic amines is 1. The van der Waals surface area contributed by atoms with Crippen LogP contribution in [-0.4, -0.2) is 37.4 Å². The van der Waals surface area contributed by atoms with Gasteiger partial charge in [0.05, 0.1) is 17.1 Å². The number of aromatic nitrogens is 5. The van der Waals surface area contributed by atoms with Crippen LogP contribution in [0.2, 0.25) is 0 Å². The van der Waals surface area contributed by atoms with Crippen molar-refractivity contribution in [3.05, 3.63) is 34.2 Å². The number of anilines is 1. The Hall–Kier alpha value is -2.48. The third kappa shape index (κ3) is 2.73. The number of H-pyrrole nitrogens is 1. The number of thiazole rings is 1. The molecule has 0 aliphatic heterocycles. The summed E-state index contributed by atoms with van der Waals surface area (Å²) in [6.45, 7) is 8.32. The Morgan fingerprint density at radius 2 is 2.12 bits per heavy atom. The Labute approximate surface area is 144 Å². The predicted molar refractivity (Wildman–Crippen MR) is 94.5 cm³/mol. The van der Waals surface area contributed by atoms with E-state index in [9.17, 15) is 4.79 Å². The summed E-state index contributed by atoms with van der Waals surface area (Å²) in [5, 5.41) is 14.2. The van der Waals surface area contributed by atoms with Crippen LogP contribution in [0, 0.1) is 20.8 Å². The second kappa shape index (κ2) is 6.20. The van der Waals surface area contributed by atoms with Crippen molar-refractivity contribution in [3.8, 4) is 11.3 Å². The molecule has 3 rings (SSSR count). The average molecular weight is 344 g/mol. The number of nitrogens with zero attached hydrogens (tertiary/aromatic N) is 5. The molecule has 3 aromatic rings. The Bertz CT molecular complexity index is 890. The van der Waals surface area contributed by atoms with Crippen molar-refractivity contribution < 1.29 is 4.79 Å². The fourth-order valence-corrected chi connectivity index (χ4v) is 3.54. The van der Waals surface area contributed by atoms with Crippen LogP contribution >= 0.6 is 11.3 Å². The maximum Gasteiger partial charge on any atom is 0.278 e. The van der Waals surface area contributed by atoms with Gasteiger partial charge in [-0.2, -0.15) is 10.2 Å². The van der Waals surface area contributed by atoms with Gasteiger partial charge < -0.3 is 0 Å². The average Bonchev–Trinajstić information content (AvgIpc) is 3.22. The van der Waals surface area contributed by atoms with E-state index in [2.05, 4.69) is 20.3 Å². The van der Waals surface area contributed by atoms with Crippen molar-refractivity contribution >= 4 is 22.4 Å². The molecule has 0 unspecified atom stereocenters. The van der Waals surface area contributed by atoms with Crippen LogP contribution in [0.3, 0.4) is 0 Å². The quantitative estimate of drug-likeness (QED) is 0.789. The molecule has 0 fully saturated rings. The molecule has 0 spiro atoms. The maximum absolute atomic E-state index is 12.8. The molecule has 0 atom stereocenters. The van der Waals surface area contributed by atoms with Crippen molar-refractivity contribution in [1.82, 2.24) is 25.0 Å². The third-order valence-electron chi connectivity index (χ3n) is 3.97. The van der Waals surface area contributed by atoms with Gasteiger partial charge in [0.15, 0.2) is 5.13 Å². The van der Waals surface area contributed by atoms with Crippen LogP contribution < -0.4 is 4.90 Å². The van der Waals surface area contributed by atoms with Gasteiger partial charge >= 0.3 is 0 Å². The minimum absolute atomic E-state index is 0.134. The fourth-order valence-electron chi connectivity index (χ4n) is 2.68. The van der Waals surface area contributed by atoms with Crippen molar-refractivity contribution in [1.29, 1.82) is 0 Å². The van der Waals surface area contributed by atoms with Gasteiger partial charge in [0.25, 0.3) is 5.91 Å². The topological polar surface area (TPSA) is 79.7 Å². The highest BCUT2D eigenvalue weighted by molar-refractivity contribution is 7.14. The van der Waals surface area contributed by atoms with E-state index in [1.807, 2.05) is 44.8 Å². The molecule has 24 heavy (non-hydrogen) atoms. The largest absolute Gasteiger partial charge is 0.283 e. The molecule has 0 radical (unpaired) electrons. The minimum atomic E-state index is -0.134. The van der Waals surface area contributed by atoms with E-state index < -0.39 is 0 Å². The minimum Gasteiger partial charge on any atom is -0.283 e. The molecule has 126 valence electrons. The van der Waals surface area contributed by atoms with Crippen LogP contribution in [0.15, 0.2) is 11.4 Å². The van der Waals surface area contributed by atoms with Crippen molar-refractivity contribution in [2.75, 3.05) is 11.4 Å². The van der Waals surface area contributed by atoms with Crippen molar-refractivity contribution in [2.45, 2.75) is 27.7 Å². The molecular weight excluding hydrogens is 324 g/mol. The molecule has 0 aromatic carbocycles. The lowest BCUT2D eigenvalue weighted by atomic mass is 10.1. The summed E-state index contributed by atoms with van der Waals surface area (Å²) in [4.78, 5) is 18.9. The SMILES string of the molecule is CCN(C(=O)c1cc(-c2c(C)nn(C)c2C)n[nH]1)c1nc(C)cs1. The zero-order chi connectivity index (χ0) is 17.4. The van der Waals surface area contributed by atoms with Gasteiger partial charge in [-0.3, -0.25) is 19.5 Å². The van der Waals surface area contributed by atoms with Gasteiger partial charge in [-0.05, 0) is 33.8 Å². The zero-order valence-electron chi connectivity index (χ0n) is 14.4. The summed E-state index contributed by atoms with van der Waals surface area (Å²) in [6, 6.07) is 1.78. The van der Waals surface area contributed by atoms with Gasteiger partial charge in [-0.1, -0.05) is 0 Å². The first-order valence-corrected chi connectivity index (χ1v) is 8.60. The van der Waals surface area contributed by atoms with E-state index in [1.165, 1.54) is 11.3 Å². The first-order chi connectivity index (χ1) is 11.4. The number of carbonyl (C=O) groups excluding carboxylic acids is 1. The van der Waals surface area contributed by atoms with Gasteiger partial charge in [0.2, 0.25) is 0 Å². The summed E-state index contributed by atoms with van der Waals surface area (Å²) in [5.74, 6) is -0.134. The number of nitrogens with one attached hydrogen (secondary N) is 1. The van der Waals surface area contributed by atoms with E-state index in [-0.39, 0.29) is 5.91 Å². The second-order valence-corrected chi connectivity index (χ2v) is 6.49. The highest BCUT2D eigenvalue weighted by Crippen LogP contribution is 2.26. The molecule has 1 N–H and O–H groups in total. The Balaban J connectivity index is 1.93. The smallest absolute Gasteiger partial charge is 0.278 e. The van der Waals surface area contributed by atoms with Gasteiger partial charge in [-0.15, -0.1) is 11.3 Å². The maximum atomic E-state index is 12.8. The Morgan fingerprint density at radius 1 is 1.38 bits per heavy atom. The highest BCUT2D eigenvalue weighted by Gasteiger charge is 2.22. The Morgan fingerprint density at radius 3 is 2.67 bits per heavy atom. The molecule has 0 bridgehead atoms. The van der Waals surface area contributed by atoms with E-state index in [4.69, 9.17) is 0 Å². The van der Waals surface area contributed by atoms with E-state index in [0.717, 1.165) is 28.3 Å². The lowest BCUT2D eigenvalue weighted by molar-refractivity contribution is 0.0983. The highest BCUT2D eigenvalue weighted by atomic mass is 32.1. The number of carbonyl (C=O) groups is 1. The summed E-state index contributed by atoms with van der Waals surface area (Å²) >= 11 is 1.46. The molecule has 3 heterocycles. The number of hydrogen-bond acceptors (Lipinski definition) is 5. The standard InChI is InChI=1S/C16H20N6OS/c1-6-22(16-17-9(2)8-24-16)15(23)13-7-12(18-19-13)14-10(3)20-21(5)11(14)4/h7-8H,6H2,1-5H3,(H,18,19). The molecule has 1 amide bonds. The first kappa shape index (κ1) is 16.4. The van der Waals surface area contributed by atoms with Crippen molar-refractivity contribution in [3.63, 3.8) is 0 Å². The predicted octanol–water partition coefficient (Wildman–Crippen LogP) is 2.86. The molecule has 0 aliphatic carbocycles. The Kier molecular flexibility index (Phi) is 4.23. The molecule has 0 saturated carbocycles. The van der Waals surface area contributed by atoms with Crippen LogP contribution in [0.1, 0.15) is 34.5 Å². The second-order valence-electron chi connectivity index (χ2n) is 5.66. The lowest BCUT2D eigenvalue weighted by Gasteiger charge is -2.16. The molecular formula is C16H20N6OS. The summed E-state index contributed by atoms with van der Waals surface area (Å²) in [5.41, 5.74) is 4.95. The first-order valence-electron chi connectivity index (χ1n) is 7.72. The van der Waals surface area contributed by atoms with E-state index >= 15 is 0 Å². The van der Waals surface area contributed by atoms with Gasteiger partial charge in [0, 0.05) is 30.2 Å². The van der Waals surface area contributed by atoms with E-state index in [0.29, 0.717) is 17.4 Å². The molecule has 7 nitrogen and oxygen atoms in total. The van der Waals surface area contributed by atoms with Gasteiger partial charge in [0.1, 0.15) is 5.69 Å². The number of aryl methyl sites for hydroxylation is 3. The number of hydrogen-bond donors (Lipinski definition) is 1. The molecule has 8 heteroatoms. The molecule has 0 aliphatic rings. The fraction of sp³-hybridized carbons (Fsp3) is 0.375. The van der Waals surface area contributed by atoms with E-state index in [1.54, 1.807) is 11.0 Å². The summed E-state index contributed by atoms with van der Waals surface area (Å²) in [6.07, 6.45) is 0. The van der Waals surface area contributed by atoms with Crippen LogP contribution in [0.4, 0.5) is 5.13 Å². The monoisotopic (exact) mass is 344 g/mol. The number of amides is 1.